The van der Waals surface area contributed by atoms with E-state index in [0.29, 0.717) is 35.4 Å². The predicted octanol–water partition coefficient (Wildman–Crippen LogP) is 1.55. The molecule has 1 unspecified atom stereocenters. The largest absolute Gasteiger partial charge is 0.357 e. The molecular weight excluding hydrogens is 315 g/mol. The van der Waals surface area contributed by atoms with Gasteiger partial charge in [-0.05, 0) is 18.2 Å². The van der Waals surface area contributed by atoms with Gasteiger partial charge in [-0.1, -0.05) is 23.2 Å². The van der Waals surface area contributed by atoms with Crippen molar-refractivity contribution < 1.29 is 9.59 Å². The van der Waals surface area contributed by atoms with Crippen LogP contribution in [0.1, 0.15) is 0 Å². The zero-order chi connectivity index (χ0) is 15.4. The number of piperazine rings is 1. The lowest BCUT2D eigenvalue weighted by atomic mass is 10.2. The molecule has 1 atom stereocenters. The summed E-state index contributed by atoms with van der Waals surface area (Å²) in [4.78, 5) is 25.7. The number of urea groups is 1. The third-order valence-corrected chi connectivity index (χ3v) is 3.79. The number of hydrogen-bond donors (Lipinski definition) is 3. The minimum atomic E-state index is -0.554. The summed E-state index contributed by atoms with van der Waals surface area (Å²) in [5.74, 6) is -0.213. The maximum Gasteiger partial charge on any atom is 0.322 e. The van der Waals surface area contributed by atoms with E-state index in [2.05, 4.69) is 16.0 Å². The van der Waals surface area contributed by atoms with Crippen LogP contribution in [0.5, 0.6) is 0 Å². The number of likely N-dealkylation sites (N-methyl/N-ethyl adjacent to an activating group) is 1. The van der Waals surface area contributed by atoms with Crippen molar-refractivity contribution >= 4 is 40.8 Å². The molecule has 3 amide bonds. The molecule has 3 N–H and O–H groups in total. The Morgan fingerprint density at radius 3 is 2.86 bits per heavy atom. The fourth-order valence-electron chi connectivity index (χ4n) is 2.13. The van der Waals surface area contributed by atoms with Gasteiger partial charge in [0.05, 0.1) is 10.7 Å². The van der Waals surface area contributed by atoms with Gasteiger partial charge in [0, 0.05) is 31.7 Å². The van der Waals surface area contributed by atoms with Crippen molar-refractivity contribution in [1.29, 1.82) is 0 Å². The van der Waals surface area contributed by atoms with E-state index in [1.807, 2.05) is 0 Å². The quantitative estimate of drug-likeness (QED) is 0.770. The summed E-state index contributed by atoms with van der Waals surface area (Å²) in [7, 11) is 1.54. The van der Waals surface area contributed by atoms with Crippen LogP contribution < -0.4 is 16.0 Å². The molecule has 1 aliphatic rings. The molecular formula is C13H16Cl2N4O2. The first kappa shape index (κ1) is 15.9. The van der Waals surface area contributed by atoms with E-state index >= 15 is 0 Å². The number of nitrogens with zero attached hydrogens (tertiary/aromatic N) is 1. The van der Waals surface area contributed by atoms with Crippen molar-refractivity contribution in [2.24, 2.45) is 0 Å². The SMILES string of the molecule is CNC(=O)C1CNCCN1C(=O)Nc1cc(Cl)ccc1Cl. The molecule has 2 rings (SSSR count). The Labute approximate surface area is 132 Å². The van der Waals surface area contributed by atoms with Crippen molar-refractivity contribution in [2.75, 3.05) is 32.0 Å². The maximum absolute atomic E-state index is 12.4. The maximum atomic E-state index is 12.4. The molecule has 0 saturated carbocycles. The van der Waals surface area contributed by atoms with Crippen molar-refractivity contribution in [3.63, 3.8) is 0 Å². The summed E-state index contributed by atoms with van der Waals surface area (Å²) in [6.45, 7) is 1.47. The molecule has 0 aliphatic carbocycles. The van der Waals surface area contributed by atoms with Crippen molar-refractivity contribution in [1.82, 2.24) is 15.5 Å². The van der Waals surface area contributed by atoms with E-state index in [1.165, 1.54) is 4.90 Å². The molecule has 0 bridgehead atoms. The molecule has 1 aromatic rings. The van der Waals surface area contributed by atoms with Crippen LogP contribution in [0.25, 0.3) is 0 Å². The van der Waals surface area contributed by atoms with E-state index in [0.717, 1.165) is 0 Å². The minimum absolute atomic E-state index is 0.213. The van der Waals surface area contributed by atoms with E-state index < -0.39 is 6.04 Å². The molecule has 114 valence electrons. The highest BCUT2D eigenvalue weighted by Crippen LogP contribution is 2.25. The number of carbonyl (C=O) groups is 2. The molecule has 8 heteroatoms. The first-order valence-electron chi connectivity index (χ1n) is 6.48. The van der Waals surface area contributed by atoms with Gasteiger partial charge in [0.15, 0.2) is 0 Å². The monoisotopic (exact) mass is 330 g/mol. The molecule has 1 heterocycles. The van der Waals surface area contributed by atoms with Crippen molar-refractivity contribution in [3.05, 3.63) is 28.2 Å². The topological polar surface area (TPSA) is 73.5 Å². The molecule has 21 heavy (non-hydrogen) atoms. The van der Waals surface area contributed by atoms with Crippen LogP contribution in [0, 0.1) is 0 Å². The van der Waals surface area contributed by atoms with Crippen LogP contribution in [0.4, 0.5) is 10.5 Å². The van der Waals surface area contributed by atoms with E-state index in [9.17, 15) is 9.59 Å². The summed E-state index contributed by atoms with van der Waals surface area (Å²) in [6.07, 6.45) is 0. The summed E-state index contributed by atoms with van der Waals surface area (Å²) in [5, 5.41) is 9.20. The average Bonchev–Trinajstić information content (AvgIpc) is 2.50. The normalized spacial score (nSPS) is 18.2. The highest BCUT2D eigenvalue weighted by molar-refractivity contribution is 6.35. The Hall–Kier alpha value is -1.50. The van der Waals surface area contributed by atoms with Crippen LogP contribution in [0.15, 0.2) is 18.2 Å². The fraction of sp³-hybridized carbons (Fsp3) is 0.385. The van der Waals surface area contributed by atoms with E-state index in [-0.39, 0.29) is 11.9 Å². The van der Waals surface area contributed by atoms with Gasteiger partial charge in [0.2, 0.25) is 5.91 Å². The van der Waals surface area contributed by atoms with Gasteiger partial charge in [-0.3, -0.25) is 4.79 Å². The summed E-state index contributed by atoms with van der Waals surface area (Å²) >= 11 is 11.9. The standard InChI is InChI=1S/C13H16Cl2N4O2/c1-16-12(20)11-7-17-4-5-19(11)13(21)18-10-6-8(14)2-3-9(10)15/h2-3,6,11,17H,4-5,7H2,1H3,(H,16,20)(H,18,21). The predicted molar refractivity (Wildman–Crippen MR) is 82.9 cm³/mol. The molecule has 1 saturated heterocycles. The van der Waals surface area contributed by atoms with Crippen LogP contribution in [-0.4, -0.2) is 49.6 Å². The third kappa shape index (κ3) is 3.78. The van der Waals surface area contributed by atoms with Crippen LogP contribution in [-0.2, 0) is 4.79 Å². The summed E-state index contributed by atoms with van der Waals surface area (Å²) < 4.78 is 0. The molecule has 1 fully saturated rings. The molecule has 0 aromatic heterocycles. The highest BCUT2D eigenvalue weighted by atomic mass is 35.5. The molecule has 6 nitrogen and oxygen atoms in total. The minimum Gasteiger partial charge on any atom is -0.357 e. The Morgan fingerprint density at radius 2 is 2.14 bits per heavy atom. The smallest absolute Gasteiger partial charge is 0.322 e. The van der Waals surface area contributed by atoms with E-state index in [4.69, 9.17) is 23.2 Å². The van der Waals surface area contributed by atoms with E-state index in [1.54, 1.807) is 25.2 Å². The number of amides is 3. The third-order valence-electron chi connectivity index (χ3n) is 3.22. The molecule has 1 aliphatic heterocycles. The lowest BCUT2D eigenvalue weighted by Gasteiger charge is -2.34. The Balaban J connectivity index is 2.14. The number of benzene rings is 1. The number of rotatable bonds is 2. The molecule has 1 aromatic carbocycles. The van der Waals surface area contributed by atoms with Crippen LogP contribution >= 0.6 is 23.2 Å². The first-order chi connectivity index (χ1) is 10.0. The van der Waals surface area contributed by atoms with Gasteiger partial charge in [-0.15, -0.1) is 0 Å². The van der Waals surface area contributed by atoms with Crippen LogP contribution in [0.2, 0.25) is 10.0 Å². The van der Waals surface area contributed by atoms with Crippen molar-refractivity contribution in [3.8, 4) is 0 Å². The van der Waals surface area contributed by atoms with Gasteiger partial charge >= 0.3 is 6.03 Å². The molecule has 0 radical (unpaired) electrons. The van der Waals surface area contributed by atoms with Gasteiger partial charge in [-0.25, -0.2) is 4.79 Å². The zero-order valence-electron chi connectivity index (χ0n) is 11.5. The second kappa shape index (κ2) is 6.98. The van der Waals surface area contributed by atoms with Crippen LogP contribution in [0.3, 0.4) is 0 Å². The van der Waals surface area contributed by atoms with Gasteiger partial charge in [0.1, 0.15) is 6.04 Å². The number of halogens is 2. The van der Waals surface area contributed by atoms with Gasteiger partial charge in [0.25, 0.3) is 0 Å². The van der Waals surface area contributed by atoms with Gasteiger partial charge < -0.3 is 20.9 Å². The number of hydrogen-bond acceptors (Lipinski definition) is 3. The highest BCUT2D eigenvalue weighted by Gasteiger charge is 2.31. The summed E-state index contributed by atoms with van der Waals surface area (Å²) in [5.41, 5.74) is 0.420. The molecule has 0 spiro atoms. The second-order valence-electron chi connectivity index (χ2n) is 4.58. The van der Waals surface area contributed by atoms with Gasteiger partial charge in [-0.2, -0.15) is 0 Å². The Morgan fingerprint density at radius 1 is 1.38 bits per heavy atom. The number of carbonyl (C=O) groups excluding carboxylic acids is 2. The summed E-state index contributed by atoms with van der Waals surface area (Å²) in [6, 6.07) is 3.88. The fourth-order valence-corrected chi connectivity index (χ4v) is 2.47. The zero-order valence-corrected chi connectivity index (χ0v) is 13.0. The lowest BCUT2D eigenvalue weighted by Crippen LogP contribution is -2.60. The number of anilines is 1. The second-order valence-corrected chi connectivity index (χ2v) is 5.43. The lowest BCUT2D eigenvalue weighted by molar-refractivity contribution is -0.125. The van der Waals surface area contributed by atoms with Crippen molar-refractivity contribution in [2.45, 2.75) is 6.04 Å². The number of nitrogens with one attached hydrogen (secondary N) is 3. The Bertz CT molecular complexity index is 553. The first-order valence-corrected chi connectivity index (χ1v) is 7.23. The average molecular weight is 331 g/mol. The Kier molecular flexibility index (Phi) is 5.27.